The van der Waals surface area contributed by atoms with E-state index in [1.165, 1.54) is 0 Å². The molecule has 0 bridgehead atoms. The van der Waals surface area contributed by atoms with Crippen LogP contribution in [0.5, 0.6) is 0 Å². The predicted octanol–water partition coefficient (Wildman–Crippen LogP) is 1.97. The van der Waals surface area contributed by atoms with Crippen LogP contribution in [0.25, 0.3) is 0 Å². The van der Waals surface area contributed by atoms with Crippen molar-refractivity contribution < 1.29 is 14.1 Å². The Labute approximate surface area is 123 Å². The number of nitrogens with one attached hydrogen (secondary N) is 2. The average molecular weight is 294 g/mol. The largest absolute Gasteiger partial charge is 0.463 e. The number of amides is 1. The number of anilines is 1. The minimum absolute atomic E-state index is 0.0311. The third-order valence-corrected chi connectivity index (χ3v) is 3.53. The summed E-state index contributed by atoms with van der Waals surface area (Å²) in [6, 6.07) is 10.6. The fourth-order valence-electron chi connectivity index (χ4n) is 1.85. The molecule has 1 aromatic carbocycles. The van der Waals surface area contributed by atoms with Gasteiger partial charge in [0, 0.05) is 10.7 Å². The van der Waals surface area contributed by atoms with Gasteiger partial charge in [0.25, 0.3) is 5.91 Å². The molecule has 0 saturated heterocycles. The zero-order valence-electron chi connectivity index (χ0n) is 11.5. The zero-order valence-corrected chi connectivity index (χ0v) is 12.3. The molecular formula is C15H18ClN2O2+. The van der Waals surface area contributed by atoms with Crippen LogP contribution in [-0.2, 0) is 11.3 Å². The Hall–Kier alpha value is -1.78. The monoisotopic (exact) mass is 293 g/mol. The number of likely N-dealkylation sites (N-methyl/N-ethyl adjacent to an activating group) is 1. The van der Waals surface area contributed by atoms with E-state index in [4.69, 9.17) is 16.0 Å². The van der Waals surface area contributed by atoms with Gasteiger partial charge in [0.15, 0.2) is 11.8 Å². The van der Waals surface area contributed by atoms with Gasteiger partial charge in [0.2, 0.25) is 0 Å². The molecule has 4 nitrogen and oxygen atoms in total. The first-order chi connectivity index (χ1) is 9.56. The van der Waals surface area contributed by atoms with Crippen molar-refractivity contribution in [3.63, 3.8) is 0 Å². The molecule has 0 aliphatic heterocycles. The third kappa shape index (κ3) is 3.85. The molecule has 1 unspecified atom stereocenters. The number of furan rings is 1. The van der Waals surface area contributed by atoms with Gasteiger partial charge >= 0.3 is 0 Å². The van der Waals surface area contributed by atoms with E-state index in [0.717, 1.165) is 16.3 Å². The van der Waals surface area contributed by atoms with E-state index >= 15 is 0 Å². The molecule has 0 saturated carbocycles. The maximum atomic E-state index is 12.2. The topological polar surface area (TPSA) is 46.7 Å². The van der Waals surface area contributed by atoms with Gasteiger partial charge in [-0.25, -0.2) is 0 Å². The van der Waals surface area contributed by atoms with E-state index in [1.54, 1.807) is 30.5 Å². The number of benzene rings is 1. The van der Waals surface area contributed by atoms with Gasteiger partial charge in [-0.3, -0.25) is 4.79 Å². The van der Waals surface area contributed by atoms with Gasteiger partial charge in [-0.05, 0) is 43.3 Å². The molecule has 5 heteroatoms. The SMILES string of the molecule is C[C@H](C(=O)Nc1ccc(Cl)cc1)[NH+](C)Cc1ccco1. The van der Waals surface area contributed by atoms with Crippen LogP contribution in [0.3, 0.4) is 0 Å². The Morgan fingerprint density at radius 3 is 2.65 bits per heavy atom. The van der Waals surface area contributed by atoms with Gasteiger partial charge in [-0.2, -0.15) is 0 Å². The molecule has 2 atom stereocenters. The fourth-order valence-corrected chi connectivity index (χ4v) is 1.97. The number of quaternary nitrogens is 1. The van der Waals surface area contributed by atoms with E-state index in [-0.39, 0.29) is 11.9 Å². The highest BCUT2D eigenvalue weighted by atomic mass is 35.5. The average Bonchev–Trinajstić information content (AvgIpc) is 2.93. The van der Waals surface area contributed by atoms with Crippen LogP contribution in [-0.4, -0.2) is 19.0 Å². The molecule has 0 radical (unpaired) electrons. The second-order valence-electron chi connectivity index (χ2n) is 4.82. The second kappa shape index (κ2) is 6.59. The first-order valence-corrected chi connectivity index (χ1v) is 6.85. The number of halogens is 1. The standard InChI is InChI=1S/C15H17ClN2O2/c1-11(18(2)10-14-4-3-9-20-14)15(19)17-13-7-5-12(16)6-8-13/h3-9,11H,10H2,1-2H3,(H,17,19)/p+1/t11-/m1/s1. The predicted molar refractivity (Wildman–Crippen MR) is 78.8 cm³/mol. The number of hydrogen-bond acceptors (Lipinski definition) is 2. The van der Waals surface area contributed by atoms with Gasteiger partial charge < -0.3 is 14.6 Å². The quantitative estimate of drug-likeness (QED) is 0.885. The van der Waals surface area contributed by atoms with Crippen LogP contribution in [0.2, 0.25) is 5.02 Å². The maximum absolute atomic E-state index is 12.2. The normalized spacial score (nSPS) is 13.8. The van der Waals surface area contributed by atoms with E-state index < -0.39 is 0 Å². The molecule has 106 valence electrons. The van der Waals surface area contributed by atoms with Crippen LogP contribution in [0.1, 0.15) is 12.7 Å². The molecule has 0 aliphatic rings. The van der Waals surface area contributed by atoms with E-state index in [9.17, 15) is 4.79 Å². The molecule has 2 aromatic rings. The summed E-state index contributed by atoms with van der Waals surface area (Å²) in [7, 11) is 1.97. The van der Waals surface area contributed by atoms with Gasteiger partial charge in [0.1, 0.15) is 6.54 Å². The van der Waals surface area contributed by atoms with E-state index in [1.807, 2.05) is 26.1 Å². The summed E-state index contributed by atoms with van der Waals surface area (Å²) in [6.45, 7) is 2.56. The number of hydrogen-bond donors (Lipinski definition) is 2. The number of carbonyl (C=O) groups excluding carboxylic acids is 1. The molecular weight excluding hydrogens is 276 g/mol. The molecule has 0 spiro atoms. The van der Waals surface area contributed by atoms with Crippen LogP contribution in [0.15, 0.2) is 47.1 Å². The highest BCUT2D eigenvalue weighted by Gasteiger charge is 2.22. The van der Waals surface area contributed by atoms with Crippen LogP contribution >= 0.6 is 11.6 Å². The Morgan fingerprint density at radius 2 is 2.05 bits per heavy atom. The van der Waals surface area contributed by atoms with Crippen molar-refractivity contribution >= 4 is 23.2 Å². The lowest BCUT2D eigenvalue weighted by Crippen LogP contribution is -3.12. The van der Waals surface area contributed by atoms with Crippen molar-refractivity contribution in [2.24, 2.45) is 0 Å². The van der Waals surface area contributed by atoms with Gasteiger partial charge in [0.05, 0.1) is 13.3 Å². The molecule has 2 rings (SSSR count). The Morgan fingerprint density at radius 1 is 1.35 bits per heavy atom. The third-order valence-electron chi connectivity index (χ3n) is 3.28. The molecule has 1 heterocycles. The fraction of sp³-hybridized carbons (Fsp3) is 0.267. The van der Waals surface area contributed by atoms with E-state index in [2.05, 4.69) is 5.32 Å². The van der Waals surface area contributed by atoms with Crippen LogP contribution in [0.4, 0.5) is 5.69 Å². The lowest BCUT2D eigenvalue weighted by molar-refractivity contribution is -0.908. The zero-order chi connectivity index (χ0) is 14.5. The lowest BCUT2D eigenvalue weighted by Gasteiger charge is -2.20. The number of rotatable bonds is 5. The maximum Gasteiger partial charge on any atom is 0.282 e. The van der Waals surface area contributed by atoms with Crippen molar-refractivity contribution in [3.05, 3.63) is 53.4 Å². The minimum atomic E-state index is -0.184. The van der Waals surface area contributed by atoms with Crippen LogP contribution < -0.4 is 10.2 Å². The molecule has 1 amide bonds. The lowest BCUT2D eigenvalue weighted by atomic mass is 10.2. The van der Waals surface area contributed by atoms with Gasteiger partial charge in [-0.1, -0.05) is 11.6 Å². The van der Waals surface area contributed by atoms with Crippen molar-refractivity contribution in [1.29, 1.82) is 0 Å². The summed E-state index contributed by atoms with van der Waals surface area (Å²) in [5.41, 5.74) is 0.747. The van der Waals surface area contributed by atoms with Crippen molar-refractivity contribution in [1.82, 2.24) is 0 Å². The summed E-state index contributed by atoms with van der Waals surface area (Å²) < 4.78 is 5.30. The molecule has 20 heavy (non-hydrogen) atoms. The smallest absolute Gasteiger partial charge is 0.282 e. The molecule has 1 aromatic heterocycles. The Bertz CT molecular complexity index is 552. The first-order valence-electron chi connectivity index (χ1n) is 6.47. The van der Waals surface area contributed by atoms with E-state index in [0.29, 0.717) is 11.6 Å². The summed E-state index contributed by atoms with van der Waals surface area (Å²) in [5.74, 6) is 0.838. The van der Waals surface area contributed by atoms with Crippen molar-refractivity contribution in [2.45, 2.75) is 19.5 Å². The van der Waals surface area contributed by atoms with Crippen LogP contribution in [0, 0.1) is 0 Å². The Kier molecular flexibility index (Phi) is 4.82. The summed E-state index contributed by atoms with van der Waals surface area (Å²) in [4.78, 5) is 13.2. The molecule has 0 fully saturated rings. The molecule has 2 N–H and O–H groups in total. The minimum Gasteiger partial charge on any atom is -0.463 e. The summed E-state index contributed by atoms with van der Waals surface area (Å²) in [6.07, 6.45) is 1.64. The van der Waals surface area contributed by atoms with Crippen molar-refractivity contribution in [2.75, 3.05) is 12.4 Å². The summed E-state index contributed by atoms with van der Waals surface area (Å²) in [5, 5.41) is 3.53. The number of carbonyl (C=O) groups is 1. The van der Waals surface area contributed by atoms with Crippen molar-refractivity contribution in [3.8, 4) is 0 Å². The Balaban J connectivity index is 1.92. The second-order valence-corrected chi connectivity index (χ2v) is 5.26. The highest BCUT2D eigenvalue weighted by molar-refractivity contribution is 6.30. The highest BCUT2D eigenvalue weighted by Crippen LogP contribution is 2.13. The van der Waals surface area contributed by atoms with Gasteiger partial charge in [-0.15, -0.1) is 0 Å². The summed E-state index contributed by atoms with van der Waals surface area (Å²) >= 11 is 5.81. The molecule has 0 aliphatic carbocycles. The first kappa shape index (κ1) is 14.6.